The van der Waals surface area contributed by atoms with E-state index in [0.29, 0.717) is 0 Å². The molecule has 2 aliphatic heterocycles. The van der Waals surface area contributed by atoms with Crippen LogP contribution in [0.2, 0.25) is 0 Å². The number of amides is 1. The quantitative estimate of drug-likeness (QED) is 0.791. The van der Waals surface area contributed by atoms with Gasteiger partial charge in [-0.15, -0.1) is 6.58 Å². The van der Waals surface area contributed by atoms with Crippen molar-refractivity contribution in [2.75, 3.05) is 26.2 Å². The second-order valence-corrected chi connectivity index (χ2v) is 6.61. The summed E-state index contributed by atoms with van der Waals surface area (Å²) in [6.07, 6.45) is 8.16. The Bertz CT molecular complexity index is 629. The van der Waals surface area contributed by atoms with Crippen molar-refractivity contribution in [3.8, 4) is 0 Å². The third-order valence-electron chi connectivity index (χ3n) is 5.34. The lowest BCUT2D eigenvalue weighted by Crippen LogP contribution is -2.53. The van der Waals surface area contributed by atoms with E-state index in [2.05, 4.69) is 11.5 Å². The molecular formula is C18H25N3O2. The minimum absolute atomic E-state index is 0.0430. The summed E-state index contributed by atoms with van der Waals surface area (Å²) in [6.45, 7) is 7.65. The highest BCUT2D eigenvalue weighted by molar-refractivity contribution is 5.76. The molecule has 0 bridgehead atoms. The standard InChI is InChI=1S/C18H25N3O2/c1-2-10-21-12-5-7-18(21)8-13-19(14-9-18)17(23)15-20-11-4-3-6-16(20)22/h2-4,6,11H,1,5,7-10,12-15H2. The van der Waals surface area contributed by atoms with E-state index in [0.717, 1.165) is 39.0 Å². The van der Waals surface area contributed by atoms with Crippen molar-refractivity contribution in [1.29, 1.82) is 0 Å². The number of pyridine rings is 1. The fraction of sp³-hybridized carbons (Fsp3) is 0.556. The van der Waals surface area contributed by atoms with Crippen LogP contribution in [-0.2, 0) is 11.3 Å². The van der Waals surface area contributed by atoms with E-state index in [-0.39, 0.29) is 23.6 Å². The van der Waals surface area contributed by atoms with Gasteiger partial charge in [-0.3, -0.25) is 14.5 Å². The van der Waals surface area contributed by atoms with E-state index in [1.54, 1.807) is 18.3 Å². The molecule has 0 saturated carbocycles. The lowest BCUT2D eigenvalue weighted by molar-refractivity contribution is -0.134. The second kappa shape index (κ2) is 6.71. The molecule has 23 heavy (non-hydrogen) atoms. The molecule has 2 saturated heterocycles. The monoisotopic (exact) mass is 315 g/mol. The van der Waals surface area contributed by atoms with Gasteiger partial charge >= 0.3 is 0 Å². The Morgan fingerprint density at radius 3 is 2.70 bits per heavy atom. The molecule has 0 atom stereocenters. The zero-order chi connectivity index (χ0) is 16.3. The van der Waals surface area contributed by atoms with Crippen LogP contribution in [-0.4, -0.2) is 52.0 Å². The number of likely N-dealkylation sites (tertiary alicyclic amines) is 2. The SMILES string of the molecule is C=CCN1CCCC12CCN(C(=O)Cn1ccccc1=O)CC2. The summed E-state index contributed by atoms with van der Waals surface area (Å²) < 4.78 is 1.48. The second-order valence-electron chi connectivity index (χ2n) is 6.61. The lowest BCUT2D eigenvalue weighted by atomic mass is 9.85. The van der Waals surface area contributed by atoms with E-state index in [4.69, 9.17) is 0 Å². The van der Waals surface area contributed by atoms with E-state index < -0.39 is 0 Å². The van der Waals surface area contributed by atoms with Crippen molar-refractivity contribution in [1.82, 2.24) is 14.4 Å². The van der Waals surface area contributed by atoms with Crippen molar-refractivity contribution in [3.63, 3.8) is 0 Å². The van der Waals surface area contributed by atoms with Gasteiger partial charge < -0.3 is 9.47 Å². The fourth-order valence-electron chi connectivity index (χ4n) is 4.01. The third kappa shape index (κ3) is 3.24. The summed E-state index contributed by atoms with van der Waals surface area (Å²) in [7, 11) is 0. The first-order valence-corrected chi connectivity index (χ1v) is 8.44. The molecule has 2 fully saturated rings. The maximum Gasteiger partial charge on any atom is 0.250 e. The van der Waals surface area contributed by atoms with Crippen LogP contribution in [0.4, 0.5) is 0 Å². The number of rotatable bonds is 4. The van der Waals surface area contributed by atoms with E-state index in [1.807, 2.05) is 11.0 Å². The van der Waals surface area contributed by atoms with E-state index in [9.17, 15) is 9.59 Å². The van der Waals surface area contributed by atoms with Gasteiger partial charge in [0.2, 0.25) is 5.91 Å². The first-order chi connectivity index (χ1) is 11.1. The van der Waals surface area contributed by atoms with Gasteiger partial charge in [0.15, 0.2) is 0 Å². The molecule has 0 aliphatic carbocycles. The van der Waals surface area contributed by atoms with Crippen LogP contribution in [0.15, 0.2) is 41.8 Å². The highest BCUT2D eigenvalue weighted by atomic mass is 16.2. The van der Waals surface area contributed by atoms with Gasteiger partial charge in [-0.1, -0.05) is 12.1 Å². The first kappa shape index (κ1) is 16.0. The fourth-order valence-corrected chi connectivity index (χ4v) is 4.01. The molecule has 2 aliphatic rings. The van der Waals surface area contributed by atoms with Crippen LogP contribution in [0.1, 0.15) is 25.7 Å². The van der Waals surface area contributed by atoms with E-state index in [1.165, 1.54) is 23.5 Å². The molecule has 124 valence electrons. The molecule has 1 aromatic heterocycles. The number of aromatic nitrogens is 1. The van der Waals surface area contributed by atoms with Gasteiger partial charge in [-0.2, -0.15) is 0 Å². The maximum atomic E-state index is 12.5. The van der Waals surface area contributed by atoms with Crippen LogP contribution >= 0.6 is 0 Å². The molecule has 0 aromatic carbocycles. The smallest absolute Gasteiger partial charge is 0.250 e. The molecule has 5 heteroatoms. The van der Waals surface area contributed by atoms with E-state index >= 15 is 0 Å². The molecule has 1 amide bonds. The van der Waals surface area contributed by atoms with Crippen molar-refractivity contribution >= 4 is 5.91 Å². The summed E-state index contributed by atoms with van der Waals surface area (Å²) in [6, 6.07) is 4.97. The Labute approximate surface area is 137 Å². The molecular weight excluding hydrogens is 290 g/mol. The predicted octanol–water partition coefficient (Wildman–Crippen LogP) is 1.49. The normalized spacial score (nSPS) is 20.8. The van der Waals surface area contributed by atoms with Gasteiger partial charge in [0, 0.05) is 37.4 Å². The Hall–Kier alpha value is -1.88. The van der Waals surface area contributed by atoms with Gasteiger partial charge in [-0.25, -0.2) is 0 Å². The number of carbonyl (C=O) groups excluding carboxylic acids is 1. The molecule has 0 N–H and O–H groups in total. The summed E-state index contributed by atoms with van der Waals surface area (Å²) >= 11 is 0. The zero-order valence-electron chi connectivity index (χ0n) is 13.6. The Morgan fingerprint density at radius 1 is 1.22 bits per heavy atom. The Kier molecular flexibility index (Phi) is 4.66. The number of hydrogen-bond donors (Lipinski definition) is 0. The number of hydrogen-bond acceptors (Lipinski definition) is 3. The summed E-state index contributed by atoms with van der Waals surface area (Å²) in [5, 5.41) is 0. The highest BCUT2D eigenvalue weighted by Gasteiger charge is 2.43. The lowest BCUT2D eigenvalue weighted by Gasteiger charge is -2.45. The summed E-state index contributed by atoms with van der Waals surface area (Å²) in [5.41, 5.74) is 0.136. The molecule has 0 radical (unpaired) electrons. The summed E-state index contributed by atoms with van der Waals surface area (Å²) in [4.78, 5) is 28.6. The van der Waals surface area contributed by atoms with Gasteiger partial charge in [0.05, 0.1) is 0 Å². The Morgan fingerprint density at radius 2 is 2.00 bits per heavy atom. The van der Waals surface area contributed by atoms with Crippen molar-refractivity contribution < 1.29 is 4.79 Å². The molecule has 0 unspecified atom stereocenters. The van der Waals surface area contributed by atoms with Gasteiger partial charge in [0.1, 0.15) is 6.54 Å². The summed E-state index contributed by atoms with van der Waals surface area (Å²) in [5.74, 6) is 0.0430. The minimum Gasteiger partial charge on any atom is -0.341 e. The number of nitrogens with zero attached hydrogens (tertiary/aromatic N) is 3. The van der Waals surface area contributed by atoms with Crippen molar-refractivity contribution in [2.45, 2.75) is 37.8 Å². The van der Waals surface area contributed by atoms with Crippen molar-refractivity contribution in [2.24, 2.45) is 0 Å². The van der Waals surface area contributed by atoms with Crippen LogP contribution in [0.3, 0.4) is 0 Å². The van der Waals surface area contributed by atoms with Crippen LogP contribution in [0, 0.1) is 0 Å². The molecule has 3 rings (SSSR count). The average molecular weight is 315 g/mol. The van der Waals surface area contributed by atoms with Gasteiger partial charge in [-0.05, 0) is 38.3 Å². The predicted molar refractivity (Wildman–Crippen MR) is 90.3 cm³/mol. The minimum atomic E-state index is -0.123. The largest absolute Gasteiger partial charge is 0.341 e. The molecule has 5 nitrogen and oxygen atoms in total. The van der Waals surface area contributed by atoms with Crippen molar-refractivity contribution in [3.05, 3.63) is 47.4 Å². The maximum absolute atomic E-state index is 12.5. The number of carbonyl (C=O) groups is 1. The zero-order valence-corrected chi connectivity index (χ0v) is 13.6. The average Bonchev–Trinajstić information content (AvgIpc) is 2.93. The first-order valence-electron chi connectivity index (χ1n) is 8.44. The van der Waals surface area contributed by atoms with Crippen LogP contribution in [0.5, 0.6) is 0 Å². The molecule has 1 spiro atoms. The highest BCUT2D eigenvalue weighted by Crippen LogP contribution is 2.38. The Balaban J connectivity index is 1.60. The van der Waals surface area contributed by atoms with Crippen LogP contribution < -0.4 is 5.56 Å². The molecule has 3 heterocycles. The topological polar surface area (TPSA) is 45.5 Å². The number of piperidine rings is 1. The third-order valence-corrected chi connectivity index (χ3v) is 5.34. The van der Waals surface area contributed by atoms with Gasteiger partial charge in [0.25, 0.3) is 5.56 Å². The van der Waals surface area contributed by atoms with Crippen LogP contribution in [0.25, 0.3) is 0 Å². The molecule has 1 aromatic rings.